The molecule has 4 aromatic rings. The van der Waals surface area contributed by atoms with Gasteiger partial charge < -0.3 is 30.0 Å². The number of imidazole rings is 1. The molecule has 1 aliphatic carbocycles. The van der Waals surface area contributed by atoms with Crippen LogP contribution in [0, 0.1) is 11.8 Å². The van der Waals surface area contributed by atoms with Crippen molar-refractivity contribution in [1.29, 1.82) is 0 Å². The second-order valence-corrected chi connectivity index (χ2v) is 14.6. The number of carbonyl (C=O) groups is 3. The number of nitrogens with one attached hydrogen (secondary N) is 3. The Hall–Kier alpha value is -4.56. The van der Waals surface area contributed by atoms with E-state index in [1.165, 1.54) is 7.11 Å². The summed E-state index contributed by atoms with van der Waals surface area (Å²) in [5.41, 5.74) is 5.41. The Morgan fingerprint density at radius 1 is 1.04 bits per heavy atom. The van der Waals surface area contributed by atoms with E-state index in [4.69, 9.17) is 42.6 Å². The van der Waals surface area contributed by atoms with Crippen LogP contribution in [0.3, 0.4) is 0 Å². The second-order valence-electron chi connectivity index (χ2n) is 13.9. The number of halogens is 2. The lowest BCUT2D eigenvalue weighted by Gasteiger charge is -2.38. The van der Waals surface area contributed by atoms with E-state index in [-0.39, 0.29) is 34.8 Å². The van der Waals surface area contributed by atoms with Crippen LogP contribution in [0.5, 0.6) is 5.88 Å². The normalized spacial score (nSPS) is 19.6. The van der Waals surface area contributed by atoms with Crippen LogP contribution in [0.1, 0.15) is 53.3 Å². The van der Waals surface area contributed by atoms with Crippen LogP contribution in [0.15, 0.2) is 42.6 Å². The highest BCUT2D eigenvalue weighted by Gasteiger charge is 2.37. The number of fused-ring (bicyclic) bond motifs is 1. The molecule has 15 heteroatoms. The number of benzene rings is 1. The number of methoxy groups -OCH3 is 2. The maximum atomic E-state index is 13.6. The van der Waals surface area contributed by atoms with Gasteiger partial charge in [0.1, 0.15) is 0 Å². The van der Waals surface area contributed by atoms with E-state index in [0.717, 1.165) is 55.7 Å². The molecule has 53 heavy (non-hydrogen) atoms. The zero-order valence-electron chi connectivity index (χ0n) is 29.9. The van der Waals surface area contributed by atoms with Crippen molar-refractivity contribution in [3.05, 3.63) is 75.4 Å². The van der Waals surface area contributed by atoms with Crippen LogP contribution < -0.4 is 20.7 Å². The van der Waals surface area contributed by atoms with Crippen molar-refractivity contribution in [3.63, 3.8) is 0 Å². The van der Waals surface area contributed by atoms with E-state index in [9.17, 15) is 14.4 Å². The number of esters is 1. The molecule has 5 heterocycles. The maximum Gasteiger partial charge on any atom is 0.308 e. The zero-order chi connectivity index (χ0) is 37.2. The Morgan fingerprint density at radius 3 is 2.62 bits per heavy atom. The second kappa shape index (κ2) is 15.8. The first kappa shape index (κ1) is 36.8. The predicted octanol–water partition coefficient (Wildman–Crippen LogP) is 5.04. The molecule has 0 spiro atoms. The van der Waals surface area contributed by atoms with Gasteiger partial charge in [-0.05, 0) is 43.4 Å². The largest absolute Gasteiger partial charge is 0.481 e. The molecule has 1 saturated heterocycles. The van der Waals surface area contributed by atoms with Gasteiger partial charge in [-0.25, -0.2) is 9.97 Å². The SMILES string of the molecule is COC(=O)C1CC(CN2CCc3nc(C(=O)Nc4cccc(-c5nccc(-c6ccc(CNCC7CCC(=O)N7)c(OC)n6)c5Cl)c4Cl)n(C)c3C2)C1. The van der Waals surface area contributed by atoms with Gasteiger partial charge in [-0.15, -0.1) is 0 Å². The molecule has 278 valence electrons. The van der Waals surface area contributed by atoms with Gasteiger partial charge in [0.15, 0.2) is 5.82 Å². The Balaban J connectivity index is 1.04. The van der Waals surface area contributed by atoms with Gasteiger partial charge in [0, 0.05) is 81.5 Å². The summed E-state index contributed by atoms with van der Waals surface area (Å²) < 4.78 is 12.4. The summed E-state index contributed by atoms with van der Waals surface area (Å²) in [5, 5.41) is 9.92. The number of anilines is 1. The summed E-state index contributed by atoms with van der Waals surface area (Å²) in [7, 11) is 4.87. The molecule has 7 rings (SSSR count). The van der Waals surface area contributed by atoms with Crippen LogP contribution in [-0.2, 0) is 40.9 Å². The van der Waals surface area contributed by atoms with Gasteiger partial charge in [0.05, 0.1) is 58.6 Å². The van der Waals surface area contributed by atoms with Crippen LogP contribution in [0.4, 0.5) is 5.69 Å². The molecule has 1 saturated carbocycles. The molecule has 2 aliphatic heterocycles. The smallest absolute Gasteiger partial charge is 0.308 e. The molecule has 3 N–H and O–H groups in total. The summed E-state index contributed by atoms with van der Waals surface area (Å²) in [6.07, 6.45) is 5.45. The Bertz CT molecular complexity index is 2050. The quantitative estimate of drug-likeness (QED) is 0.168. The van der Waals surface area contributed by atoms with E-state index >= 15 is 0 Å². The highest BCUT2D eigenvalue weighted by Crippen LogP contribution is 2.40. The molecule has 0 radical (unpaired) electrons. The topological polar surface area (TPSA) is 153 Å². The molecule has 13 nitrogen and oxygen atoms in total. The molecule has 1 atom stereocenters. The van der Waals surface area contributed by atoms with Gasteiger partial charge in [0.25, 0.3) is 5.91 Å². The Morgan fingerprint density at radius 2 is 1.87 bits per heavy atom. The summed E-state index contributed by atoms with van der Waals surface area (Å²) in [4.78, 5) is 53.3. The van der Waals surface area contributed by atoms with Crippen molar-refractivity contribution >= 4 is 46.7 Å². The van der Waals surface area contributed by atoms with Crippen LogP contribution >= 0.6 is 23.2 Å². The van der Waals surface area contributed by atoms with Gasteiger partial charge in [-0.3, -0.25) is 24.3 Å². The monoisotopic (exact) mass is 760 g/mol. The number of aromatic nitrogens is 4. The van der Waals surface area contributed by atoms with Gasteiger partial charge in [0.2, 0.25) is 11.8 Å². The number of carbonyl (C=O) groups excluding carboxylic acids is 3. The fourth-order valence-corrected chi connectivity index (χ4v) is 8.04. The van der Waals surface area contributed by atoms with E-state index < -0.39 is 0 Å². The molecule has 3 aromatic heterocycles. The lowest BCUT2D eigenvalue weighted by Crippen LogP contribution is -2.41. The van der Waals surface area contributed by atoms with Crippen LogP contribution in [0.2, 0.25) is 10.0 Å². The van der Waals surface area contributed by atoms with Crippen molar-refractivity contribution in [2.45, 2.75) is 51.2 Å². The lowest BCUT2D eigenvalue weighted by molar-refractivity contribution is -0.150. The average molecular weight is 762 g/mol. The fraction of sp³-hybridized carbons (Fsp3) is 0.421. The number of pyridine rings is 2. The number of ether oxygens (including phenoxy) is 2. The number of hydrogen-bond acceptors (Lipinski definition) is 10. The third kappa shape index (κ3) is 7.75. The number of nitrogens with zero attached hydrogens (tertiary/aromatic N) is 5. The third-order valence-electron chi connectivity index (χ3n) is 10.4. The highest BCUT2D eigenvalue weighted by molar-refractivity contribution is 6.39. The van der Waals surface area contributed by atoms with E-state index in [0.29, 0.717) is 76.9 Å². The molecular formula is C38H42Cl2N8O5. The fourth-order valence-electron chi connectivity index (χ4n) is 7.47. The number of rotatable bonds is 12. The number of amides is 2. The average Bonchev–Trinajstić information content (AvgIpc) is 3.72. The van der Waals surface area contributed by atoms with E-state index in [2.05, 4.69) is 25.8 Å². The molecule has 1 unspecified atom stereocenters. The standard InChI is InChI=1S/C38H42Cl2N8O5/c1-47-30-20-48(19-21-15-23(16-21)38(51)53-3)14-12-28(30)44-35(47)36(50)45-29-6-4-5-26(32(29)39)34-33(40)25(11-13-42-34)27-9-7-22(37(46-27)52-2)17-41-18-24-8-10-31(49)43-24/h4-7,9,11,13,21,23-24,41H,8,10,12,14-20H2,1-3H3,(H,43,49)(H,45,50). The van der Waals surface area contributed by atoms with Crippen molar-refractivity contribution in [2.75, 3.05) is 39.2 Å². The molecule has 2 fully saturated rings. The summed E-state index contributed by atoms with van der Waals surface area (Å²) >= 11 is 13.9. The minimum absolute atomic E-state index is 0.00507. The van der Waals surface area contributed by atoms with Gasteiger partial charge >= 0.3 is 5.97 Å². The summed E-state index contributed by atoms with van der Waals surface area (Å²) in [6, 6.07) is 11.0. The van der Waals surface area contributed by atoms with Gasteiger partial charge in [-0.1, -0.05) is 41.4 Å². The predicted molar refractivity (Wildman–Crippen MR) is 201 cm³/mol. The van der Waals surface area contributed by atoms with Crippen LogP contribution in [0.25, 0.3) is 22.5 Å². The maximum absolute atomic E-state index is 13.6. The van der Waals surface area contributed by atoms with Gasteiger partial charge in [-0.2, -0.15) is 0 Å². The van der Waals surface area contributed by atoms with Crippen molar-refractivity contribution in [3.8, 4) is 28.4 Å². The zero-order valence-corrected chi connectivity index (χ0v) is 31.4. The first-order chi connectivity index (χ1) is 25.6. The molecular weight excluding hydrogens is 719 g/mol. The lowest BCUT2D eigenvalue weighted by atomic mass is 9.74. The molecule has 1 aromatic carbocycles. The molecule has 2 amide bonds. The molecule has 0 bridgehead atoms. The first-order valence-corrected chi connectivity index (χ1v) is 18.5. The summed E-state index contributed by atoms with van der Waals surface area (Å²) in [6.45, 7) is 3.60. The highest BCUT2D eigenvalue weighted by atomic mass is 35.5. The molecule has 3 aliphatic rings. The minimum atomic E-state index is -0.376. The van der Waals surface area contributed by atoms with E-state index in [1.54, 1.807) is 37.6 Å². The number of hydrogen-bond donors (Lipinski definition) is 3. The van der Waals surface area contributed by atoms with Crippen LogP contribution in [-0.4, -0.2) is 82.1 Å². The Labute approximate surface area is 317 Å². The van der Waals surface area contributed by atoms with Crippen molar-refractivity contribution in [2.24, 2.45) is 18.9 Å². The van der Waals surface area contributed by atoms with E-state index in [1.807, 2.05) is 23.7 Å². The first-order valence-electron chi connectivity index (χ1n) is 17.8. The minimum Gasteiger partial charge on any atom is -0.481 e. The summed E-state index contributed by atoms with van der Waals surface area (Å²) in [5.74, 6) is 0.807. The van der Waals surface area contributed by atoms with Crippen molar-refractivity contribution in [1.82, 2.24) is 35.1 Å². The third-order valence-corrected chi connectivity index (χ3v) is 11.2. The Kier molecular flexibility index (Phi) is 11.0. The van der Waals surface area contributed by atoms with Crippen molar-refractivity contribution < 1.29 is 23.9 Å².